The maximum atomic E-state index is 9.58. The Hall–Kier alpha value is -1.13. The summed E-state index contributed by atoms with van der Waals surface area (Å²) in [7, 11) is 0. The molecule has 1 aromatic rings. The van der Waals surface area contributed by atoms with Crippen LogP contribution in [0.25, 0.3) is 0 Å². The number of nitrogens with one attached hydrogen (secondary N) is 1. The van der Waals surface area contributed by atoms with Gasteiger partial charge in [0, 0.05) is 24.8 Å². The minimum absolute atomic E-state index is 0.218. The van der Waals surface area contributed by atoms with Gasteiger partial charge in [-0.2, -0.15) is 0 Å². The number of hydrogen-bond donors (Lipinski definition) is 2. The average Bonchev–Trinajstić information content (AvgIpc) is 2.47. The molecule has 1 aliphatic rings. The third-order valence-electron chi connectivity index (χ3n) is 3.85. The molecule has 0 amide bonds. The normalized spacial score (nSPS) is 19.6. The molecule has 0 bridgehead atoms. The molecule has 1 unspecified atom stereocenters. The summed E-state index contributed by atoms with van der Waals surface area (Å²) >= 11 is 0. The minimum atomic E-state index is 0.218. The summed E-state index contributed by atoms with van der Waals surface area (Å²) in [4.78, 5) is 6.86. The van der Waals surface area contributed by atoms with E-state index in [1.807, 2.05) is 12.3 Å². The average molecular weight is 277 g/mol. The van der Waals surface area contributed by atoms with E-state index in [0.717, 1.165) is 31.9 Å². The Balaban J connectivity index is 2.09. The van der Waals surface area contributed by atoms with E-state index in [2.05, 4.69) is 35.1 Å². The highest BCUT2D eigenvalue weighted by Gasteiger charge is 2.24. The van der Waals surface area contributed by atoms with Crippen molar-refractivity contribution in [2.24, 2.45) is 5.92 Å². The molecule has 1 atom stereocenters. The van der Waals surface area contributed by atoms with Gasteiger partial charge in [-0.1, -0.05) is 19.9 Å². The van der Waals surface area contributed by atoms with Crippen LogP contribution in [0, 0.1) is 5.92 Å². The summed E-state index contributed by atoms with van der Waals surface area (Å²) < 4.78 is 0. The molecule has 0 aliphatic carbocycles. The summed E-state index contributed by atoms with van der Waals surface area (Å²) in [6, 6.07) is 4.36. The van der Waals surface area contributed by atoms with Crippen molar-refractivity contribution in [1.29, 1.82) is 0 Å². The van der Waals surface area contributed by atoms with E-state index < -0.39 is 0 Å². The van der Waals surface area contributed by atoms with Crippen molar-refractivity contribution >= 4 is 5.82 Å². The van der Waals surface area contributed by atoms with Crippen LogP contribution in [0.3, 0.4) is 0 Å². The Morgan fingerprint density at radius 2 is 2.30 bits per heavy atom. The number of anilines is 1. The van der Waals surface area contributed by atoms with Crippen molar-refractivity contribution in [3.05, 3.63) is 23.9 Å². The van der Waals surface area contributed by atoms with Crippen molar-refractivity contribution in [1.82, 2.24) is 10.3 Å². The topological polar surface area (TPSA) is 48.4 Å². The number of nitrogens with zero attached hydrogens (tertiary/aromatic N) is 2. The monoisotopic (exact) mass is 277 g/mol. The fraction of sp³-hybridized carbons (Fsp3) is 0.688. The van der Waals surface area contributed by atoms with Crippen LogP contribution in [0.15, 0.2) is 18.3 Å². The number of rotatable bonds is 6. The van der Waals surface area contributed by atoms with Crippen molar-refractivity contribution in [2.45, 2.75) is 45.7 Å². The molecule has 1 aliphatic heterocycles. The summed E-state index contributed by atoms with van der Waals surface area (Å²) in [6.45, 7) is 7.50. The van der Waals surface area contributed by atoms with Crippen molar-refractivity contribution in [2.75, 3.05) is 24.6 Å². The Bertz CT molecular complexity index is 408. The minimum Gasteiger partial charge on any atom is -0.394 e. The number of aromatic nitrogens is 1. The van der Waals surface area contributed by atoms with Gasteiger partial charge < -0.3 is 15.3 Å². The highest BCUT2D eigenvalue weighted by Crippen LogP contribution is 2.25. The second-order valence-corrected chi connectivity index (χ2v) is 6.04. The lowest BCUT2D eigenvalue weighted by atomic mass is 10.0. The summed E-state index contributed by atoms with van der Waals surface area (Å²) in [5, 5.41) is 13.1. The van der Waals surface area contributed by atoms with E-state index in [1.54, 1.807) is 0 Å². The number of pyridine rings is 1. The first-order valence-corrected chi connectivity index (χ1v) is 7.74. The number of aliphatic hydroxyl groups is 1. The maximum absolute atomic E-state index is 9.58. The van der Waals surface area contributed by atoms with E-state index in [1.165, 1.54) is 18.4 Å². The maximum Gasteiger partial charge on any atom is 0.133 e. The van der Waals surface area contributed by atoms with Gasteiger partial charge in [-0.05, 0) is 37.8 Å². The van der Waals surface area contributed by atoms with Crippen LogP contribution in [0.5, 0.6) is 0 Å². The van der Waals surface area contributed by atoms with Crippen molar-refractivity contribution in [3.63, 3.8) is 0 Å². The molecule has 0 spiro atoms. The SMILES string of the molecule is CC(C)CNCc1cccnc1N1CCCCC1CO. The van der Waals surface area contributed by atoms with Crippen LogP contribution in [0.4, 0.5) is 5.82 Å². The van der Waals surface area contributed by atoms with Gasteiger partial charge >= 0.3 is 0 Å². The first kappa shape index (κ1) is 15.3. The summed E-state index contributed by atoms with van der Waals surface area (Å²) in [6.07, 6.45) is 5.30. The van der Waals surface area contributed by atoms with Gasteiger partial charge in [0.15, 0.2) is 0 Å². The Morgan fingerprint density at radius 3 is 3.05 bits per heavy atom. The molecule has 0 aromatic carbocycles. The molecular weight excluding hydrogens is 250 g/mol. The van der Waals surface area contributed by atoms with Crippen LogP contribution in [0.1, 0.15) is 38.7 Å². The Labute approximate surface area is 122 Å². The van der Waals surface area contributed by atoms with Gasteiger partial charge in [0.05, 0.1) is 12.6 Å². The first-order valence-electron chi connectivity index (χ1n) is 7.74. The molecule has 1 aromatic heterocycles. The molecule has 112 valence electrons. The molecule has 1 fully saturated rings. The Kier molecular flexibility index (Phi) is 5.80. The van der Waals surface area contributed by atoms with Crippen LogP contribution in [0.2, 0.25) is 0 Å². The third-order valence-corrected chi connectivity index (χ3v) is 3.85. The van der Waals surface area contributed by atoms with Gasteiger partial charge in [-0.15, -0.1) is 0 Å². The molecule has 2 N–H and O–H groups in total. The zero-order chi connectivity index (χ0) is 14.4. The highest BCUT2D eigenvalue weighted by molar-refractivity contribution is 5.48. The standard InChI is InChI=1S/C16H27N3O/c1-13(2)10-17-11-14-6-5-8-18-16(14)19-9-4-3-7-15(19)12-20/h5-6,8,13,15,17,20H,3-4,7,9-12H2,1-2H3. The second kappa shape index (κ2) is 7.60. The number of aliphatic hydroxyl groups excluding tert-OH is 1. The van der Waals surface area contributed by atoms with Gasteiger partial charge in [0.25, 0.3) is 0 Å². The molecule has 2 heterocycles. The number of hydrogen-bond acceptors (Lipinski definition) is 4. The first-order chi connectivity index (χ1) is 9.72. The molecule has 20 heavy (non-hydrogen) atoms. The molecular formula is C16H27N3O. The number of piperidine rings is 1. The molecule has 0 saturated carbocycles. The van der Waals surface area contributed by atoms with Gasteiger partial charge in [-0.25, -0.2) is 4.98 Å². The van der Waals surface area contributed by atoms with Crippen LogP contribution < -0.4 is 10.2 Å². The van der Waals surface area contributed by atoms with Crippen molar-refractivity contribution < 1.29 is 5.11 Å². The second-order valence-electron chi connectivity index (χ2n) is 6.04. The fourth-order valence-corrected chi connectivity index (χ4v) is 2.79. The largest absolute Gasteiger partial charge is 0.394 e. The molecule has 4 nitrogen and oxygen atoms in total. The van der Waals surface area contributed by atoms with Gasteiger partial charge in [0.1, 0.15) is 5.82 Å². The van der Waals surface area contributed by atoms with Crippen LogP contribution in [-0.2, 0) is 6.54 Å². The van der Waals surface area contributed by atoms with Gasteiger partial charge in [-0.3, -0.25) is 0 Å². The Morgan fingerprint density at radius 1 is 1.45 bits per heavy atom. The fourth-order valence-electron chi connectivity index (χ4n) is 2.79. The summed E-state index contributed by atoms with van der Waals surface area (Å²) in [5.74, 6) is 1.69. The quantitative estimate of drug-likeness (QED) is 0.837. The zero-order valence-electron chi connectivity index (χ0n) is 12.7. The lowest BCUT2D eigenvalue weighted by molar-refractivity contribution is 0.239. The smallest absolute Gasteiger partial charge is 0.133 e. The molecule has 0 radical (unpaired) electrons. The predicted molar refractivity (Wildman–Crippen MR) is 82.9 cm³/mol. The third kappa shape index (κ3) is 3.93. The van der Waals surface area contributed by atoms with Crippen LogP contribution >= 0.6 is 0 Å². The zero-order valence-corrected chi connectivity index (χ0v) is 12.7. The predicted octanol–water partition coefficient (Wildman–Crippen LogP) is 2.18. The van der Waals surface area contributed by atoms with Gasteiger partial charge in [0.2, 0.25) is 0 Å². The molecule has 1 saturated heterocycles. The van der Waals surface area contributed by atoms with E-state index in [9.17, 15) is 5.11 Å². The van der Waals surface area contributed by atoms with E-state index in [0.29, 0.717) is 5.92 Å². The van der Waals surface area contributed by atoms with E-state index in [-0.39, 0.29) is 12.6 Å². The molecule has 2 rings (SSSR count). The highest BCUT2D eigenvalue weighted by atomic mass is 16.3. The lowest BCUT2D eigenvalue weighted by Gasteiger charge is -2.36. The van der Waals surface area contributed by atoms with E-state index >= 15 is 0 Å². The lowest BCUT2D eigenvalue weighted by Crippen LogP contribution is -2.43. The van der Waals surface area contributed by atoms with E-state index in [4.69, 9.17) is 0 Å². The van der Waals surface area contributed by atoms with Crippen LogP contribution in [-0.4, -0.2) is 35.8 Å². The summed E-state index contributed by atoms with van der Waals surface area (Å²) in [5.41, 5.74) is 1.23. The molecule has 4 heteroatoms. The van der Waals surface area contributed by atoms with Crippen molar-refractivity contribution in [3.8, 4) is 0 Å².